The van der Waals surface area contributed by atoms with Crippen LogP contribution in [-0.4, -0.2) is 62.9 Å². The smallest absolute Gasteiger partial charge is 0.379 e. The maximum Gasteiger partial charge on any atom is 0.421 e. The number of ether oxygens (including phenoxy) is 1. The highest BCUT2D eigenvalue weighted by molar-refractivity contribution is 5.63. The van der Waals surface area contributed by atoms with Gasteiger partial charge < -0.3 is 10.1 Å². The SMILES string of the molecule is Fc1cccc(F)c1-c1nc(NC2CCC(N3CCOCC3)CC2)n2ncc(C(F)(F)F)c2n1. The third-order valence-corrected chi connectivity index (χ3v) is 6.45. The Labute approximate surface area is 191 Å². The van der Waals surface area contributed by atoms with E-state index in [9.17, 15) is 22.0 Å². The average molecular weight is 482 g/mol. The van der Waals surface area contributed by atoms with E-state index in [4.69, 9.17) is 4.74 Å². The summed E-state index contributed by atoms with van der Waals surface area (Å²) < 4.78 is 75.8. The fourth-order valence-corrected chi connectivity index (χ4v) is 4.70. The van der Waals surface area contributed by atoms with E-state index in [1.807, 2.05) is 0 Å². The summed E-state index contributed by atoms with van der Waals surface area (Å²) in [5.74, 6) is -2.43. The van der Waals surface area contributed by atoms with Crippen molar-refractivity contribution in [3.63, 3.8) is 0 Å². The van der Waals surface area contributed by atoms with E-state index in [1.54, 1.807) is 0 Å². The summed E-state index contributed by atoms with van der Waals surface area (Å²) in [5.41, 5.74) is -2.25. The number of alkyl halides is 3. The second-order valence-corrected chi connectivity index (χ2v) is 8.56. The van der Waals surface area contributed by atoms with Crippen LogP contribution >= 0.6 is 0 Å². The second kappa shape index (κ2) is 9.06. The number of nitrogens with one attached hydrogen (secondary N) is 1. The molecule has 1 saturated heterocycles. The Bertz CT molecular complexity index is 1150. The molecule has 0 unspecified atom stereocenters. The van der Waals surface area contributed by atoms with Crippen LogP contribution in [0.15, 0.2) is 24.4 Å². The summed E-state index contributed by atoms with van der Waals surface area (Å²) in [6, 6.07) is 3.53. The Hall–Kier alpha value is -2.86. The molecule has 0 spiro atoms. The van der Waals surface area contributed by atoms with E-state index in [1.165, 1.54) is 6.07 Å². The third kappa shape index (κ3) is 4.43. The van der Waals surface area contributed by atoms with Gasteiger partial charge in [0.05, 0.1) is 25.0 Å². The number of rotatable bonds is 4. The van der Waals surface area contributed by atoms with Gasteiger partial charge in [-0.2, -0.15) is 27.8 Å². The van der Waals surface area contributed by atoms with Crippen molar-refractivity contribution < 1.29 is 26.7 Å². The Balaban J connectivity index is 1.46. The van der Waals surface area contributed by atoms with Crippen molar-refractivity contribution in [1.29, 1.82) is 0 Å². The predicted molar refractivity (Wildman–Crippen MR) is 113 cm³/mol. The van der Waals surface area contributed by atoms with E-state index in [0.717, 1.165) is 55.4 Å². The number of halogens is 5. The minimum Gasteiger partial charge on any atom is -0.379 e. The normalized spacial score (nSPS) is 22.3. The van der Waals surface area contributed by atoms with Crippen molar-refractivity contribution in [1.82, 2.24) is 24.5 Å². The Morgan fingerprint density at radius 3 is 2.29 bits per heavy atom. The van der Waals surface area contributed by atoms with Crippen LogP contribution in [0.2, 0.25) is 0 Å². The van der Waals surface area contributed by atoms with Crippen molar-refractivity contribution in [3.05, 3.63) is 41.6 Å². The molecule has 12 heteroatoms. The van der Waals surface area contributed by atoms with Crippen LogP contribution in [0, 0.1) is 11.6 Å². The minimum atomic E-state index is -4.74. The molecular weight excluding hydrogens is 459 g/mol. The van der Waals surface area contributed by atoms with Crippen LogP contribution in [-0.2, 0) is 10.9 Å². The molecule has 3 heterocycles. The van der Waals surface area contributed by atoms with Crippen LogP contribution in [0.1, 0.15) is 31.2 Å². The van der Waals surface area contributed by atoms with E-state index in [0.29, 0.717) is 25.5 Å². The van der Waals surface area contributed by atoms with Gasteiger partial charge in [-0.1, -0.05) is 6.07 Å². The number of hydrogen-bond acceptors (Lipinski definition) is 6. The summed E-state index contributed by atoms with van der Waals surface area (Å²) in [7, 11) is 0. The molecule has 182 valence electrons. The molecule has 34 heavy (non-hydrogen) atoms. The van der Waals surface area contributed by atoms with Gasteiger partial charge in [-0.25, -0.2) is 13.8 Å². The maximum atomic E-state index is 14.4. The van der Waals surface area contributed by atoms with Crippen molar-refractivity contribution in [2.45, 2.75) is 43.9 Å². The van der Waals surface area contributed by atoms with Crippen molar-refractivity contribution in [3.8, 4) is 11.4 Å². The number of hydrogen-bond donors (Lipinski definition) is 1. The van der Waals surface area contributed by atoms with Gasteiger partial charge in [-0.15, -0.1) is 0 Å². The van der Waals surface area contributed by atoms with Crippen molar-refractivity contribution in [2.75, 3.05) is 31.6 Å². The molecule has 1 saturated carbocycles. The Morgan fingerprint density at radius 1 is 0.971 bits per heavy atom. The number of benzene rings is 1. The molecule has 2 aliphatic rings. The number of nitrogens with zero attached hydrogens (tertiary/aromatic N) is 5. The largest absolute Gasteiger partial charge is 0.421 e. The summed E-state index contributed by atoms with van der Waals surface area (Å²) in [6.07, 6.45) is -0.740. The summed E-state index contributed by atoms with van der Waals surface area (Å²) in [4.78, 5) is 10.5. The zero-order valence-corrected chi connectivity index (χ0v) is 18.2. The predicted octanol–water partition coefficient (Wildman–Crippen LogP) is 4.14. The zero-order valence-electron chi connectivity index (χ0n) is 18.2. The third-order valence-electron chi connectivity index (χ3n) is 6.45. The quantitative estimate of drug-likeness (QED) is 0.564. The van der Waals surface area contributed by atoms with Gasteiger partial charge in [-0.05, 0) is 37.8 Å². The van der Waals surface area contributed by atoms with Crippen LogP contribution in [0.3, 0.4) is 0 Å². The van der Waals surface area contributed by atoms with Gasteiger partial charge in [0.1, 0.15) is 17.2 Å². The molecule has 1 N–H and O–H groups in total. The van der Waals surface area contributed by atoms with E-state index >= 15 is 0 Å². The first kappa shape index (κ1) is 22.9. The summed E-state index contributed by atoms with van der Waals surface area (Å²) >= 11 is 0. The highest BCUT2D eigenvalue weighted by atomic mass is 19.4. The van der Waals surface area contributed by atoms with Crippen LogP contribution in [0.25, 0.3) is 17.0 Å². The van der Waals surface area contributed by atoms with Gasteiger partial charge in [0.25, 0.3) is 0 Å². The van der Waals surface area contributed by atoms with Crippen LogP contribution in [0.5, 0.6) is 0 Å². The molecule has 0 radical (unpaired) electrons. The number of anilines is 1. The van der Waals surface area contributed by atoms with E-state index in [2.05, 4.69) is 25.3 Å². The maximum absolute atomic E-state index is 14.4. The Morgan fingerprint density at radius 2 is 1.65 bits per heavy atom. The highest BCUT2D eigenvalue weighted by Crippen LogP contribution is 2.34. The van der Waals surface area contributed by atoms with Gasteiger partial charge in [0, 0.05) is 25.2 Å². The fraction of sp³-hybridized carbons (Fsp3) is 0.500. The molecule has 5 rings (SSSR count). The topological polar surface area (TPSA) is 67.6 Å². The molecule has 1 aliphatic heterocycles. The van der Waals surface area contributed by atoms with Crippen LogP contribution < -0.4 is 5.32 Å². The average Bonchev–Trinajstić information content (AvgIpc) is 3.25. The first-order chi connectivity index (χ1) is 16.3. The van der Waals surface area contributed by atoms with E-state index in [-0.39, 0.29) is 12.0 Å². The summed E-state index contributed by atoms with van der Waals surface area (Å²) in [6.45, 7) is 3.21. The molecule has 0 bridgehead atoms. The lowest BCUT2D eigenvalue weighted by Gasteiger charge is -2.38. The Kier molecular flexibility index (Phi) is 6.11. The first-order valence-corrected chi connectivity index (χ1v) is 11.2. The highest BCUT2D eigenvalue weighted by Gasteiger charge is 2.37. The molecule has 2 aromatic heterocycles. The molecule has 3 aromatic rings. The van der Waals surface area contributed by atoms with Crippen molar-refractivity contribution in [2.24, 2.45) is 0 Å². The molecule has 7 nitrogen and oxygen atoms in total. The second-order valence-electron chi connectivity index (χ2n) is 8.56. The first-order valence-electron chi connectivity index (χ1n) is 11.2. The van der Waals surface area contributed by atoms with Gasteiger partial charge >= 0.3 is 6.18 Å². The van der Waals surface area contributed by atoms with Gasteiger partial charge in [0.2, 0.25) is 5.95 Å². The van der Waals surface area contributed by atoms with Gasteiger partial charge in [-0.3, -0.25) is 4.90 Å². The number of aromatic nitrogens is 4. The lowest BCUT2D eigenvalue weighted by atomic mass is 9.90. The van der Waals surface area contributed by atoms with Crippen molar-refractivity contribution >= 4 is 11.6 Å². The van der Waals surface area contributed by atoms with Gasteiger partial charge in [0.15, 0.2) is 11.5 Å². The minimum absolute atomic E-state index is 0.0343. The molecule has 1 aromatic carbocycles. The zero-order chi connectivity index (χ0) is 23.9. The molecule has 0 atom stereocenters. The molecule has 2 fully saturated rings. The van der Waals surface area contributed by atoms with Crippen LogP contribution in [0.4, 0.5) is 27.9 Å². The lowest BCUT2D eigenvalue weighted by Crippen LogP contribution is -2.46. The number of morpholine rings is 1. The standard InChI is InChI=1S/C22H23F5N6O/c23-16-2-1-3-17(24)18(16)19-30-20-15(22(25,26)27)12-28-33(20)21(31-19)29-13-4-6-14(7-5-13)32-8-10-34-11-9-32/h1-3,12-14H,4-11H2,(H,29,30,31). The lowest BCUT2D eigenvalue weighted by molar-refractivity contribution is -0.136. The number of fused-ring (bicyclic) bond motifs is 1. The van der Waals surface area contributed by atoms with E-state index < -0.39 is 40.4 Å². The molecule has 0 amide bonds. The molecular formula is C22H23F5N6O. The monoisotopic (exact) mass is 482 g/mol. The fourth-order valence-electron chi connectivity index (χ4n) is 4.70. The summed E-state index contributed by atoms with van der Waals surface area (Å²) in [5, 5.41) is 6.97. The molecule has 1 aliphatic carbocycles.